The van der Waals surface area contributed by atoms with Crippen molar-refractivity contribution in [3.8, 4) is 34.2 Å². The molecule has 0 saturated carbocycles. The molecular weight excluding hydrogens is 457 g/mol. The third-order valence-corrected chi connectivity index (χ3v) is 6.85. The zero-order valence-corrected chi connectivity index (χ0v) is 21.5. The van der Waals surface area contributed by atoms with Crippen molar-refractivity contribution >= 4 is 23.7 Å². The number of benzene rings is 4. The Kier molecular flexibility index (Phi) is 6.63. The molecule has 4 aromatic carbocycles. The monoisotopic (exact) mass is 486 g/mol. The van der Waals surface area contributed by atoms with Crippen molar-refractivity contribution in [2.24, 2.45) is 0 Å². The zero-order valence-electron chi connectivity index (χ0n) is 21.5. The van der Waals surface area contributed by atoms with Crippen molar-refractivity contribution in [2.45, 2.75) is 38.9 Å². The number of fused-ring (bicyclic) bond motifs is 1. The molecular formula is C31H29BN3O2. The average molecular weight is 486 g/mol. The lowest BCUT2D eigenvalue weighted by Gasteiger charge is -2.37. The van der Waals surface area contributed by atoms with Gasteiger partial charge in [0.15, 0.2) is 17.5 Å². The van der Waals surface area contributed by atoms with Crippen LogP contribution in [0.2, 0.25) is 0 Å². The van der Waals surface area contributed by atoms with E-state index in [1.54, 1.807) is 21.3 Å². The molecule has 0 atom stereocenters. The first-order valence-corrected chi connectivity index (χ1v) is 12.4. The Hall–Kier alpha value is -3.87. The fraction of sp³-hybridized carbons (Fsp3) is 0.194. The molecule has 6 heteroatoms. The summed E-state index contributed by atoms with van der Waals surface area (Å²) in [4.78, 5) is 14.6. The Labute approximate surface area is 218 Å². The molecule has 37 heavy (non-hydrogen) atoms. The van der Waals surface area contributed by atoms with E-state index in [0.29, 0.717) is 17.5 Å². The molecule has 1 radical (unpaired) electrons. The second kappa shape index (κ2) is 9.89. The van der Waals surface area contributed by atoms with E-state index >= 15 is 0 Å². The molecule has 0 amide bonds. The van der Waals surface area contributed by atoms with E-state index in [-0.39, 0.29) is 0 Å². The molecule has 5 aromatic rings. The van der Waals surface area contributed by atoms with Gasteiger partial charge in [0.1, 0.15) is 0 Å². The molecule has 1 aromatic heterocycles. The van der Waals surface area contributed by atoms with E-state index < -0.39 is 11.2 Å². The van der Waals surface area contributed by atoms with Gasteiger partial charge in [-0.15, -0.1) is 0 Å². The van der Waals surface area contributed by atoms with Crippen LogP contribution in [0.15, 0.2) is 97.1 Å². The summed E-state index contributed by atoms with van der Waals surface area (Å²) in [5, 5.41) is 12.5. The number of hydrogen-bond acceptors (Lipinski definition) is 5. The highest BCUT2D eigenvalue weighted by molar-refractivity contribution is 6.51. The number of hydrogen-bond donors (Lipinski definition) is 1. The highest BCUT2D eigenvalue weighted by Crippen LogP contribution is 2.30. The Morgan fingerprint density at radius 1 is 0.595 bits per heavy atom. The third kappa shape index (κ3) is 5.17. The molecule has 0 aliphatic heterocycles. The summed E-state index contributed by atoms with van der Waals surface area (Å²) in [7, 11) is 1.72. The highest BCUT2D eigenvalue weighted by atomic mass is 16.5. The first-order valence-electron chi connectivity index (χ1n) is 12.4. The number of aliphatic hydroxyl groups is 1. The predicted octanol–water partition coefficient (Wildman–Crippen LogP) is 5.84. The Bertz CT molecular complexity index is 1470. The molecule has 0 bridgehead atoms. The topological polar surface area (TPSA) is 68.1 Å². The van der Waals surface area contributed by atoms with Gasteiger partial charge < -0.3 is 9.76 Å². The van der Waals surface area contributed by atoms with Crippen LogP contribution < -0.4 is 5.46 Å². The maximum Gasteiger partial charge on any atom is 0.331 e. The van der Waals surface area contributed by atoms with Crippen LogP contribution in [-0.2, 0) is 4.65 Å². The van der Waals surface area contributed by atoms with Crippen molar-refractivity contribution in [1.29, 1.82) is 0 Å². The van der Waals surface area contributed by atoms with Gasteiger partial charge in [0.2, 0.25) is 0 Å². The molecule has 183 valence electrons. The van der Waals surface area contributed by atoms with Crippen LogP contribution in [0.5, 0.6) is 0 Å². The number of nitrogens with zero attached hydrogens (tertiary/aromatic N) is 3. The fourth-order valence-corrected chi connectivity index (χ4v) is 3.90. The Morgan fingerprint density at radius 2 is 1.08 bits per heavy atom. The van der Waals surface area contributed by atoms with Gasteiger partial charge in [-0.1, -0.05) is 97.1 Å². The molecule has 0 spiro atoms. The molecule has 0 saturated heterocycles. The van der Waals surface area contributed by atoms with E-state index in [0.717, 1.165) is 32.9 Å². The first-order chi connectivity index (χ1) is 17.7. The lowest BCUT2D eigenvalue weighted by atomic mass is 9.79. The molecule has 0 unspecified atom stereocenters. The second-order valence-electron chi connectivity index (χ2n) is 10.1. The maximum absolute atomic E-state index is 10.5. The molecule has 5 nitrogen and oxygen atoms in total. The molecule has 5 rings (SSSR count). The van der Waals surface area contributed by atoms with Crippen molar-refractivity contribution in [1.82, 2.24) is 15.0 Å². The SMILES string of the molecule is CC(C)(O)C(C)(C)O[B]c1ccc(-c2nc(-c3ccccc3)nc(-c3ccccc3)n2)c2ccccc12. The largest absolute Gasteiger partial charge is 0.427 e. The minimum Gasteiger partial charge on any atom is -0.427 e. The van der Waals surface area contributed by atoms with Gasteiger partial charge in [-0.05, 0) is 43.9 Å². The van der Waals surface area contributed by atoms with E-state index in [2.05, 4.69) is 12.1 Å². The van der Waals surface area contributed by atoms with Crippen molar-refractivity contribution in [3.05, 3.63) is 97.1 Å². The Morgan fingerprint density at radius 3 is 1.62 bits per heavy atom. The summed E-state index contributed by atoms with van der Waals surface area (Å²) in [5.41, 5.74) is 1.91. The first kappa shape index (κ1) is 24.8. The van der Waals surface area contributed by atoms with E-state index in [4.69, 9.17) is 19.6 Å². The fourth-order valence-electron chi connectivity index (χ4n) is 3.90. The summed E-state index contributed by atoms with van der Waals surface area (Å²) >= 11 is 0. The lowest BCUT2D eigenvalue weighted by Crippen LogP contribution is -2.49. The van der Waals surface area contributed by atoms with Gasteiger partial charge in [0, 0.05) is 16.7 Å². The van der Waals surface area contributed by atoms with Crippen molar-refractivity contribution in [2.75, 3.05) is 0 Å². The second-order valence-corrected chi connectivity index (χ2v) is 10.1. The van der Waals surface area contributed by atoms with E-state index in [1.165, 1.54) is 0 Å². The summed E-state index contributed by atoms with van der Waals surface area (Å²) in [6.45, 7) is 7.25. The number of aromatic nitrogens is 3. The molecule has 1 N–H and O–H groups in total. The molecule has 0 aliphatic rings. The van der Waals surface area contributed by atoms with Crippen LogP contribution in [0.4, 0.5) is 0 Å². The van der Waals surface area contributed by atoms with Gasteiger partial charge >= 0.3 is 7.48 Å². The standard InChI is InChI=1S/C31H29BN3O2/c1-30(2,36)31(3,4)37-32-26-20-19-25(23-17-11-12-18-24(23)26)29-34-27(21-13-7-5-8-14-21)33-28(35-29)22-15-9-6-10-16-22/h5-20,36H,1-4H3. The summed E-state index contributed by atoms with van der Waals surface area (Å²) in [5.74, 6) is 1.85. The highest BCUT2D eigenvalue weighted by Gasteiger charge is 2.35. The summed E-state index contributed by atoms with van der Waals surface area (Å²) in [6.07, 6.45) is 0. The van der Waals surface area contributed by atoms with Crippen LogP contribution in [0, 0.1) is 0 Å². The van der Waals surface area contributed by atoms with Crippen molar-refractivity contribution < 1.29 is 9.76 Å². The van der Waals surface area contributed by atoms with Crippen LogP contribution in [0.3, 0.4) is 0 Å². The normalized spacial score (nSPS) is 12.0. The average Bonchev–Trinajstić information content (AvgIpc) is 2.92. The van der Waals surface area contributed by atoms with Gasteiger partial charge in [-0.3, -0.25) is 0 Å². The van der Waals surface area contributed by atoms with Crippen molar-refractivity contribution in [3.63, 3.8) is 0 Å². The third-order valence-electron chi connectivity index (χ3n) is 6.85. The molecule has 1 heterocycles. The minimum absolute atomic E-state index is 0.605. The zero-order chi connectivity index (χ0) is 26.0. The van der Waals surface area contributed by atoms with Crippen LogP contribution in [0.1, 0.15) is 27.7 Å². The lowest BCUT2D eigenvalue weighted by molar-refractivity contribution is -0.0893. The van der Waals surface area contributed by atoms with E-state index in [9.17, 15) is 5.11 Å². The molecule has 0 aliphatic carbocycles. The summed E-state index contributed by atoms with van der Waals surface area (Å²) < 4.78 is 6.07. The Balaban J connectivity index is 1.63. The smallest absolute Gasteiger partial charge is 0.331 e. The van der Waals surface area contributed by atoms with Crippen LogP contribution >= 0.6 is 0 Å². The maximum atomic E-state index is 10.5. The number of rotatable bonds is 7. The quantitative estimate of drug-likeness (QED) is 0.293. The van der Waals surface area contributed by atoms with Gasteiger partial charge in [0.25, 0.3) is 0 Å². The predicted molar refractivity (Wildman–Crippen MR) is 150 cm³/mol. The van der Waals surface area contributed by atoms with Gasteiger partial charge in [-0.2, -0.15) is 0 Å². The minimum atomic E-state index is -1.01. The van der Waals surface area contributed by atoms with Gasteiger partial charge in [0.05, 0.1) is 11.2 Å². The summed E-state index contributed by atoms with van der Waals surface area (Å²) in [6, 6.07) is 32.1. The van der Waals surface area contributed by atoms with Crippen LogP contribution in [0.25, 0.3) is 44.9 Å². The van der Waals surface area contributed by atoms with Crippen LogP contribution in [-0.4, -0.2) is 38.7 Å². The molecule has 0 fully saturated rings. The van der Waals surface area contributed by atoms with E-state index in [1.807, 2.05) is 98.8 Å². The van der Waals surface area contributed by atoms with Gasteiger partial charge in [-0.25, -0.2) is 15.0 Å².